The first-order chi connectivity index (χ1) is 10.6. The summed E-state index contributed by atoms with van der Waals surface area (Å²) >= 11 is 0. The second kappa shape index (κ2) is 9.37. The molecule has 0 aromatic heterocycles. The van der Waals surface area contributed by atoms with Gasteiger partial charge in [-0.15, -0.1) is 12.4 Å². The molecule has 0 atom stereocenters. The first kappa shape index (κ1) is 19.3. The van der Waals surface area contributed by atoms with Crippen molar-refractivity contribution in [1.82, 2.24) is 15.5 Å². The highest BCUT2D eigenvalue weighted by Gasteiger charge is 2.20. The van der Waals surface area contributed by atoms with Crippen LogP contribution in [0.3, 0.4) is 0 Å². The van der Waals surface area contributed by atoms with Crippen molar-refractivity contribution in [3.05, 3.63) is 29.8 Å². The Morgan fingerprint density at radius 2 is 1.91 bits per heavy atom. The highest BCUT2D eigenvalue weighted by atomic mass is 35.5. The molecule has 1 aromatic rings. The summed E-state index contributed by atoms with van der Waals surface area (Å²) in [6, 6.07) is 6.88. The highest BCUT2D eigenvalue weighted by molar-refractivity contribution is 6.03. The van der Waals surface area contributed by atoms with Gasteiger partial charge in [0.05, 0.1) is 11.3 Å². The van der Waals surface area contributed by atoms with E-state index in [0.29, 0.717) is 17.8 Å². The maximum absolute atomic E-state index is 12.7. The minimum absolute atomic E-state index is 0. The number of nitrogens with one attached hydrogen (secondary N) is 3. The Morgan fingerprint density at radius 1 is 1.17 bits per heavy atom. The van der Waals surface area contributed by atoms with Crippen molar-refractivity contribution >= 4 is 30.0 Å². The molecule has 1 heterocycles. The largest absolute Gasteiger partial charge is 0.337 e. The van der Waals surface area contributed by atoms with Crippen molar-refractivity contribution in [2.45, 2.75) is 26.3 Å². The Hall–Kier alpha value is -1.79. The second-order valence-electron chi connectivity index (χ2n) is 5.69. The van der Waals surface area contributed by atoms with Crippen molar-refractivity contribution in [3.8, 4) is 0 Å². The molecule has 2 rings (SSSR count). The molecule has 1 aliphatic rings. The van der Waals surface area contributed by atoms with E-state index >= 15 is 0 Å². The van der Waals surface area contributed by atoms with Gasteiger partial charge in [-0.3, -0.25) is 4.79 Å². The number of rotatable bonds is 3. The number of urea groups is 1. The van der Waals surface area contributed by atoms with Crippen LogP contribution in [0.25, 0.3) is 0 Å². The molecule has 0 spiro atoms. The van der Waals surface area contributed by atoms with Crippen molar-refractivity contribution in [2.75, 3.05) is 31.5 Å². The topological polar surface area (TPSA) is 73.5 Å². The van der Waals surface area contributed by atoms with Crippen LogP contribution in [0.2, 0.25) is 0 Å². The van der Waals surface area contributed by atoms with Crippen LogP contribution in [-0.2, 0) is 0 Å². The normalized spacial score (nSPS) is 14.7. The van der Waals surface area contributed by atoms with E-state index in [4.69, 9.17) is 0 Å². The molecule has 0 aliphatic carbocycles. The summed E-state index contributed by atoms with van der Waals surface area (Å²) in [6.45, 7) is 6.93. The monoisotopic (exact) mass is 340 g/mol. The Balaban J connectivity index is 0.00000264. The van der Waals surface area contributed by atoms with Gasteiger partial charge < -0.3 is 20.9 Å². The summed E-state index contributed by atoms with van der Waals surface area (Å²) in [5.41, 5.74) is 1.08. The van der Waals surface area contributed by atoms with Crippen LogP contribution < -0.4 is 16.0 Å². The van der Waals surface area contributed by atoms with Crippen molar-refractivity contribution in [3.63, 3.8) is 0 Å². The molecule has 3 amide bonds. The minimum atomic E-state index is -0.298. The predicted molar refractivity (Wildman–Crippen MR) is 94.4 cm³/mol. The number of para-hydroxylation sites is 1. The molecule has 3 N–H and O–H groups in total. The maximum Gasteiger partial charge on any atom is 0.319 e. The highest BCUT2D eigenvalue weighted by Crippen LogP contribution is 2.18. The van der Waals surface area contributed by atoms with Crippen molar-refractivity contribution < 1.29 is 9.59 Å². The summed E-state index contributed by atoms with van der Waals surface area (Å²) in [7, 11) is 0. The number of carbonyl (C=O) groups is 2. The van der Waals surface area contributed by atoms with Gasteiger partial charge in [0.1, 0.15) is 0 Å². The van der Waals surface area contributed by atoms with Crippen LogP contribution in [0.5, 0.6) is 0 Å². The molecule has 1 aliphatic heterocycles. The van der Waals surface area contributed by atoms with E-state index in [0.717, 1.165) is 26.1 Å². The van der Waals surface area contributed by atoms with E-state index in [2.05, 4.69) is 16.0 Å². The van der Waals surface area contributed by atoms with E-state index in [1.54, 1.807) is 12.1 Å². The van der Waals surface area contributed by atoms with Crippen LogP contribution >= 0.6 is 12.4 Å². The lowest BCUT2D eigenvalue weighted by Crippen LogP contribution is -2.36. The van der Waals surface area contributed by atoms with Gasteiger partial charge in [0.15, 0.2) is 0 Å². The number of hydrogen-bond donors (Lipinski definition) is 3. The van der Waals surface area contributed by atoms with E-state index in [1.165, 1.54) is 0 Å². The molecular weight excluding hydrogens is 316 g/mol. The average Bonchev–Trinajstić information content (AvgIpc) is 2.75. The SMILES string of the molecule is CC(C)NC(=O)Nc1ccccc1C(=O)N1CCCNCC1.Cl. The third-order valence-electron chi connectivity index (χ3n) is 3.45. The Kier molecular flexibility index (Phi) is 7.85. The Bertz CT molecular complexity index is 529. The number of halogens is 1. The molecule has 6 nitrogen and oxygen atoms in total. The molecule has 1 fully saturated rings. The molecule has 128 valence electrons. The number of benzene rings is 1. The maximum atomic E-state index is 12.7. The molecular formula is C16H25ClN4O2. The lowest BCUT2D eigenvalue weighted by Gasteiger charge is -2.21. The molecule has 1 aromatic carbocycles. The van der Waals surface area contributed by atoms with Crippen LogP contribution in [0.1, 0.15) is 30.6 Å². The summed E-state index contributed by atoms with van der Waals surface area (Å²) in [5.74, 6) is -0.0378. The fraction of sp³-hybridized carbons (Fsp3) is 0.500. The molecule has 23 heavy (non-hydrogen) atoms. The summed E-state index contributed by atoms with van der Waals surface area (Å²) in [4.78, 5) is 26.4. The zero-order valence-corrected chi connectivity index (χ0v) is 14.4. The molecule has 1 saturated heterocycles. The molecule has 0 unspecified atom stereocenters. The lowest BCUT2D eigenvalue weighted by molar-refractivity contribution is 0.0767. The minimum Gasteiger partial charge on any atom is -0.337 e. The lowest BCUT2D eigenvalue weighted by atomic mass is 10.1. The third kappa shape index (κ3) is 5.73. The fourth-order valence-corrected chi connectivity index (χ4v) is 2.42. The van der Waals surface area contributed by atoms with Crippen molar-refractivity contribution in [1.29, 1.82) is 0 Å². The van der Waals surface area contributed by atoms with Gasteiger partial charge in [0, 0.05) is 25.7 Å². The van der Waals surface area contributed by atoms with Gasteiger partial charge in [0.25, 0.3) is 5.91 Å². The summed E-state index contributed by atoms with van der Waals surface area (Å²) < 4.78 is 0. The molecule has 0 radical (unpaired) electrons. The van der Waals surface area contributed by atoms with Crippen LogP contribution in [0, 0.1) is 0 Å². The standard InChI is InChI=1S/C16H24N4O2.ClH/c1-12(2)18-16(22)19-14-7-4-3-6-13(14)15(21)20-10-5-8-17-9-11-20;/h3-4,6-7,12,17H,5,8-11H2,1-2H3,(H2,18,19,22);1H. The Labute approximate surface area is 143 Å². The van der Waals surface area contributed by atoms with E-state index in [9.17, 15) is 9.59 Å². The van der Waals surface area contributed by atoms with Gasteiger partial charge in [0.2, 0.25) is 0 Å². The first-order valence-electron chi connectivity index (χ1n) is 7.74. The van der Waals surface area contributed by atoms with Gasteiger partial charge in [-0.1, -0.05) is 12.1 Å². The Morgan fingerprint density at radius 3 is 2.65 bits per heavy atom. The summed E-state index contributed by atoms with van der Waals surface area (Å²) in [6.07, 6.45) is 0.940. The zero-order chi connectivity index (χ0) is 15.9. The fourth-order valence-electron chi connectivity index (χ4n) is 2.42. The van der Waals surface area contributed by atoms with Gasteiger partial charge in [-0.2, -0.15) is 0 Å². The zero-order valence-electron chi connectivity index (χ0n) is 13.6. The molecule has 7 heteroatoms. The van der Waals surface area contributed by atoms with E-state index in [-0.39, 0.29) is 30.4 Å². The third-order valence-corrected chi connectivity index (χ3v) is 3.45. The average molecular weight is 341 g/mol. The first-order valence-corrected chi connectivity index (χ1v) is 7.74. The summed E-state index contributed by atoms with van der Waals surface area (Å²) in [5, 5.41) is 8.80. The number of nitrogens with zero attached hydrogens (tertiary/aromatic N) is 1. The van der Waals surface area contributed by atoms with E-state index in [1.807, 2.05) is 30.9 Å². The van der Waals surface area contributed by atoms with Gasteiger partial charge in [-0.05, 0) is 38.9 Å². The number of hydrogen-bond acceptors (Lipinski definition) is 3. The molecule has 0 bridgehead atoms. The van der Waals surface area contributed by atoms with Crippen LogP contribution in [0.15, 0.2) is 24.3 Å². The van der Waals surface area contributed by atoms with E-state index < -0.39 is 0 Å². The van der Waals surface area contributed by atoms with Crippen LogP contribution in [-0.4, -0.2) is 49.1 Å². The number of anilines is 1. The smallest absolute Gasteiger partial charge is 0.319 e. The second-order valence-corrected chi connectivity index (χ2v) is 5.69. The number of carbonyl (C=O) groups excluding carboxylic acids is 2. The predicted octanol–water partition coefficient (Wildman–Crippen LogP) is 2.07. The van der Waals surface area contributed by atoms with Gasteiger partial charge in [-0.25, -0.2) is 4.79 Å². The number of amides is 3. The van der Waals surface area contributed by atoms with Gasteiger partial charge >= 0.3 is 6.03 Å². The van der Waals surface area contributed by atoms with Crippen LogP contribution in [0.4, 0.5) is 10.5 Å². The molecule has 0 saturated carbocycles. The van der Waals surface area contributed by atoms with Crippen molar-refractivity contribution in [2.24, 2.45) is 0 Å². The quantitative estimate of drug-likeness (QED) is 0.788.